The van der Waals surface area contributed by atoms with Crippen molar-refractivity contribution < 1.29 is 9.84 Å². The fourth-order valence-corrected chi connectivity index (χ4v) is 4.19. The molecule has 0 aliphatic carbocycles. The van der Waals surface area contributed by atoms with Crippen molar-refractivity contribution >= 4 is 22.5 Å². The van der Waals surface area contributed by atoms with Gasteiger partial charge >= 0.3 is 0 Å². The zero-order valence-electron chi connectivity index (χ0n) is 13.0. The highest BCUT2D eigenvalue weighted by Gasteiger charge is 2.47. The Morgan fingerprint density at radius 3 is 3.09 bits per heavy atom. The minimum absolute atomic E-state index is 0.0807. The highest BCUT2D eigenvalue weighted by atomic mass is 35.5. The van der Waals surface area contributed by atoms with Gasteiger partial charge in [-0.05, 0) is 36.6 Å². The van der Waals surface area contributed by atoms with E-state index in [9.17, 15) is 5.11 Å². The fraction of sp³-hybridized carbons (Fsp3) is 0.500. The molecular formula is C18H21ClN2O2. The summed E-state index contributed by atoms with van der Waals surface area (Å²) in [4.78, 5) is 7.15. The predicted octanol–water partition coefficient (Wildman–Crippen LogP) is 2.72. The molecule has 0 unspecified atom stereocenters. The van der Waals surface area contributed by atoms with Crippen molar-refractivity contribution in [1.29, 1.82) is 0 Å². The van der Waals surface area contributed by atoms with E-state index in [0.717, 1.165) is 54.3 Å². The Morgan fingerprint density at radius 1 is 1.35 bits per heavy atom. The van der Waals surface area contributed by atoms with Gasteiger partial charge in [0.15, 0.2) is 0 Å². The Balaban J connectivity index is 1.53. The number of aliphatic hydroxyl groups is 1. The first-order valence-electron chi connectivity index (χ1n) is 8.15. The molecule has 2 aliphatic rings. The minimum Gasteiger partial charge on any atom is -0.396 e. The number of hydrogen-bond donors (Lipinski definition) is 1. The van der Waals surface area contributed by atoms with Crippen LogP contribution >= 0.6 is 11.6 Å². The van der Waals surface area contributed by atoms with E-state index in [1.807, 2.05) is 18.2 Å². The first-order valence-corrected chi connectivity index (χ1v) is 8.52. The van der Waals surface area contributed by atoms with Gasteiger partial charge in [0.25, 0.3) is 0 Å². The number of aromatic nitrogens is 1. The molecule has 2 aliphatic heterocycles. The van der Waals surface area contributed by atoms with Gasteiger partial charge in [-0.25, -0.2) is 0 Å². The van der Waals surface area contributed by atoms with Crippen LogP contribution in [0.4, 0.5) is 0 Å². The van der Waals surface area contributed by atoms with Crippen LogP contribution in [-0.4, -0.2) is 47.9 Å². The quantitative estimate of drug-likeness (QED) is 0.938. The summed E-state index contributed by atoms with van der Waals surface area (Å²) in [5, 5.41) is 11.7. The third kappa shape index (κ3) is 2.85. The zero-order chi connectivity index (χ0) is 15.9. The molecule has 0 bridgehead atoms. The van der Waals surface area contributed by atoms with Crippen molar-refractivity contribution in [3.8, 4) is 0 Å². The maximum atomic E-state index is 9.87. The Kier molecular flexibility index (Phi) is 4.01. The van der Waals surface area contributed by atoms with Crippen molar-refractivity contribution in [2.75, 3.05) is 32.9 Å². The summed E-state index contributed by atoms with van der Waals surface area (Å²) >= 11 is 6.03. The second kappa shape index (κ2) is 6.02. The Hall–Kier alpha value is -1.20. The van der Waals surface area contributed by atoms with Gasteiger partial charge in [-0.15, -0.1) is 0 Å². The van der Waals surface area contributed by atoms with Crippen LogP contribution in [0.1, 0.15) is 12.1 Å². The van der Waals surface area contributed by atoms with Gasteiger partial charge in [0.05, 0.1) is 24.4 Å². The van der Waals surface area contributed by atoms with E-state index in [0.29, 0.717) is 12.5 Å². The lowest BCUT2D eigenvalue weighted by atomic mass is 9.76. The number of benzene rings is 1. The molecule has 2 aromatic rings. The molecule has 2 saturated heterocycles. The molecule has 0 radical (unpaired) electrons. The number of likely N-dealkylation sites (tertiary alicyclic amines) is 1. The van der Waals surface area contributed by atoms with Gasteiger partial charge in [-0.1, -0.05) is 17.7 Å². The largest absolute Gasteiger partial charge is 0.396 e. The molecule has 1 aromatic heterocycles. The van der Waals surface area contributed by atoms with Gasteiger partial charge in [0.1, 0.15) is 0 Å². The molecule has 1 N–H and O–H groups in total. The maximum absolute atomic E-state index is 9.87. The topological polar surface area (TPSA) is 45.6 Å². The van der Waals surface area contributed by atoms with Gasteiger partial charge in [0.2, 0.25) is 0 Å². The summed E-state index contributed by atoms with van der Waals surface area (Å²) in [5.41, 5.74) is 1.96. The summed E-state index contributed by atoms with van der Waals surface area (Å²) in [6, 6.07) is 9.94. The summed E-state index contributed by atoms with van der Waals surface area (Å²) in [6.07, 6.45) is 1.04. The smallest absolute Gasteiger partial charge is 0.0706 e. The molecule has 4 nitrogen and oxygen atoms in total. The van der Waals surface area contributed by atoms with Crippen LogP contribution in [0.5, 0.6) is 0 Å². The first kappa shape index (κ1) is 15.3. The van der Waals surface area contributed by atoms with Crippen LogP contribution in [0, 0.1) is 11.3 Å². The molecule has 2 atom stereocenters. The molecule has 0 saturated carbocycles. The van der Waals surface area contributed by atoms with Gasteiger partial charge < -0.3 is 9.84 Å². The third-order valence-electron chi connectivity index (χ3n) is 5.29. The molecule has 0 spiro atoms. The van der Waals surface area contributed by atoms with Gasteiger partial charge in [-0.3, -0.25) is 9.88 Å². The lowest BCUT2D eigenvalue weighted by Gasteiger charge is -2.36. The lowest BCUT2D eigenvalue weighted by molar-refractivity contribution is -0.0561. The van der Waals surface area contributed by atoms with Crippen LogP contribution < -0.4 is 0 Å². The first-order chi connectivity index (χ1) is 11.2. The molecule has 2 fully saturated rings. The summed E-state index contributed by atoms with van der Waals surface area (Å²) in [6.45, 7) is 4.41. The van der Waals surface area contributed by atoms with Crippen LogP contribution in [-0.2, 0) is 11.3 Å². The number of nitrogens with zero attached hydrogens (tertiary/aromatic N) is 2. The van der Waals surface area contributed by atoms with Crippen LogP contribution in [0.3, 0.4) is 0 Å². The average molecular weight is 333 g/mol. The standard InChI is InChI=1S/C18H21ClN2O2/c19-15-2-4-17-13(7-15)1-3-16(20-17)9-21-8-14-5-6-23-12-18(14,10-21)11-22/h1-4,7,14,22H,5-6,8-12H2/t14-,18+/m0/s1. The lowest BCUT2D eigenvalue weighted by Crippen LogP contribution is -2.42. The number of aliphatic hydroxyl groups excluding tert-OH is 1. The predicted molar refractivity (Wildman–Crippen MR) is 90.5 cm³/mol. The average Bonchev–Trinajstić information content (AvgIpc) is 2.93. The molecule has 122 valence electrons. The number of fused-ring (bicyclic) bond motifs is 2. The van der Waals surface area contributed by atoms with Crippen molar-refractivity contribution in [3.63, 3.8) is 0 Å². The highest BCUT2D eigenvalue weighted by molar-refractivity contribution is 6.31. The second-order valence-electron chi connectivity index (χ2n) is 6.87. The monoisotopic (exact) mass is 332 g/mol. The van der Waals surface area contributed by atoms with E-state index < -0.39 is 0 Å². The van der Waals surface area contributed by atoms with E-state index in [2.05, 4.69) is 17.0 Å². The summed E-state index contributed by atoms with van der Waals surface area (Å²) in [5.74, 6) is 0.528. The normalized spacial score (nSPS) is 28.2. The Bertz CT molecular complexity index is 723. The third-order valence-corrected chi connectivity index (χ3v) is 5.53. The summed E-state index contributed by atoms with van der Waals surface area (Å²) < 4.78 is 5.63. The van der Waals surface area contributed by atoms with Crippen LogP contribution in [0.2, 0.25) is 5.02 Å². The number of rotatable bonds is 3. The van der Waals surface area contributed by atoms with Crippen molar-refractivity contribution in [2.24, 2.45) is 11.3 Å². The fourth-order valence-electron chi connectivity index (χ4n) is 4.01. The minimum atomic E-state index is -0.0807. The van der Waals surface area contributed by atoms with Crippen LogP contribution in [0.15, 0.2) is 30.3 Å². The molecular weight excluding hydrogens is 312 g/mol. The van der Waals surface area contributed by atoms with E-state index in [1.165, 1.54) is 0 Å². The van der Waals surface area contributed by atoms with E-state index in [1.54, 1.807) is 0 Å². The summed E-state index contributed by atoms with van der Waals surface area (Å²) in [7, 11) is 0. The van der Waals surface area contributed by atoms with E-state index in [4.69, 9.17) is 21.3 Å². The van der Waals surface area contributed by atoms with E-state index in [-0.39, 0.29) is 12.0 Å². The Morgan fingerprint density at radius 2 is 2.26 bits per heavy atom. The maximum Gasteiger partial charge on any atom is 0.0706 e. The Labute approximate surface area is 141 Å². The van der Waals surface area contributed by atoms with Crippen molar-refractivity contribution in [1.82, 2.24) is 9.88 Å². The highest BCUT2D eigenvalue weighted by Crippen LogP contribution is 2.41. The number of hydrogen-bond acceptors (Lipinski definition) is 4. The number of halogens is 1. The second-order valence-corrected chi connectivity index (χ2v) is 7.30. The zero-order valence-corrected chi connectivity index (χ0v) is 13.8. The van der Waals surface area contributed by atoms with Crippen LogP contribution in [0.25, 0.3) is 10.9 Å². The SMILES string of the molecule is OC[C@]12COCC[C@H]1CN(Cc1ccc3cc(Cl)ccc3n1)C2. The molecule has 5 heteroatoms. The molecule has 3 heterocycles. The molecule has 0 amide bonds. The van der Waals surface area contributed by atoms with E-state index >= 15 is 0 Å². The number of ether oxygens (including phenoxy) is 1. The van der Waals surface area contributed by atoms with Gasteiger partial charge in [0, 0.05) is 42.1 Å². The van der Waals surface area contributed by atoms with Crippen molar-refractivity contribution in [3.05, 3.63) is 41.0 Å². The molecule has 23 heavy (non-hydrogen) atoms. The molecule has 4 rings (SSSR count). The van der Waals surface area contributed by atoms with Crippen molar-refractivity contribution in [2.45, 2.75) is 13.0 Å². The number of pyridine rings is 1. The molecule has 1 aromatic carbocycles. The van der Waals surface area contributed by atoms with Gasteiger partial charge in [-0.2, -0.15) is 0 Å².